The van der Waals surface area contributed by atoms with Gasteiger partial charge in [-0.15, -0.1) is 12.4 Å². The summed E-state index contributed by atoms with van der Waals surface area (Å²) < 4.78 is 6.13. The van der Waals surface area contributed by atoms with Crippen molar-refractivity contribution < 1.29 is 9.53 Å². The van der Waals surface area contributed by atoms with Gasteiger partial charge in [-0.1, -0.05) is 6.07 Å². The smallest absolute Gasteiger partial charge is 0.225 e. The molecule has 5 unspecified atom stereocenters. The molecular formula is C17H24BrClN2O2. The molecule has 1 aromatic carbocycles. The Bertz CT molecular complexity index is 582. The highest BCUT2D eigenvalue weighted by Crippen LogP contribution is 2.47. The van der Waals surface area contributed by atoms with Gasteiger partial charge in [0, 0.05) is 6.04 Å². The van der Waals surface area contributed by atoms with Crippen molar-refractivity contribution in [2.24, 2.45) is 23.5 Å². The Balaban J connectivity index is 0.00000192. The van der Waals surface area contributed by atoms with E-state index in [1.54, 1.807) is 7.11 Å². The van der Waals surface area contributed by atoms with E-state index in [4.69, 9.17) is 10.5 Å². The van der Waals surface area contributed by atoms with Crippen molar-refractivity contribution in [1.29, 1.82) is 0 Å². The second-order valence-corrected chi connectivity index (χ2v) is 7.41. The lowest BCUT2D eigenvalue weighted by molar-refractivity contribution is -0.127. The molecule has 128 valence electrons. The van der Waals surface area contributed by atoms with E-state index in [2.05, 4.69) is 21.2 Å². The van der Waals surface area contributed by atoms with Gasteiger partial charge in [0.2, 0.25) is 5.91 Å². The van der Waals surface area contributed by atoms with Crippen LogP contribution in [0.1, 0.15) is 37.8 Å². The number of nitrogens with one attached hydrogen (secondary N) is 1. The van der Waals surface area contributed by atoms with Gasteiger partial charge in [-0.25, -0.2) is 0 Å². The number of nitrogens with two attached hydrogens (primary N) is 1. The number of methoxy groups -OCH3 is 1. The molecule has 0 aromatic heterocycles. The second kappa shape index (κ2) is 7.41. The fraction of sp³-hybridized carbons (Fsp3) is 0.588. The molecule has 5 atom stereocenters. The zero-order chi connectivity index (χ0) is 15.9. The molecule has 2 aliphatic rings. The van der Waals surface area contributed by atoms with Crippen molar-refractivity contribution in [2.45, 2.75) is 38.3 Å². The average molecular weight is 404 g/mol. The number of carbonyl (C=O) groups excluding carboxylic acids is 1. The second-order valence-electron chi connectivity index (χ2n) is 6.56. The molecule has 3 N–H and O–H groups in total. The zero-order valence-corrected chi connectivity index (χ0v) is 15.8. The van der Waals surface area contributed by atoms with E-state index in [1.165, 1.54) is 6.42 Å². The van der Waals surface area contributed by atoms with E-state index in [-0.39, 0.29) is 36.3 Å². The van der Waals surface area contributed by atoms with Crippen LogP contribution in [0.2, 0.25) is 0 Å². The van der Waals surface area contributed by atoms with Crippen LogP contribution in [0.3, 0.4) is 0 Å². The van der Waals surface area contributed by atoms with Crippen LogP contribution >= 0.6 is 28.3 Å². The molecule has 2 aliphatic carbocycles. The first-order chi connectivity index (χ1) is 10.5. The van der Waals surface area contributed by atoms with E-state index in [0.717, 1.165) is 28.6 Å². The number of hydrogen-bond acceptors (Lipinski definition) is 3. The van der Waals surface area contributed by atoms with Gasteiger partial charge in [0.15, 0.2) is 0 Å². The first-order valence-corrected chi connectivity index (χ1v) is 8.70. The average Bonchev–Trinajstić information content (AvgIpc) is 3.07. The summed E-state index contributed by atoms with van der Waals surface area (Å²) in [6, 6.07) is 5.88. The van der Waals surface area contributed by atoms with Crippen LogP contribution in [0.5, 0.6) is 5.75 Å². The molecule has 0 aliphatic heterocycles. The van der Waals surface area contributed by atoms with Crippen molar-refractivity contribution in [3.63, 3.8) is 0 Å². The lowest BCUT2D eigenvalue weighted by Crippen LogP contribution is -2.45. The van der Waals surface area contributed by atoms with E-state index in [9.17, 15) is 4.79 Å². The van der Waals surface area contributed by atoms with E-state index in [1.807, 2.05) is 25.1 Å². The molecule has 2 saturated carbocycles. The molecule has 3 rings (SSSR count). The largest absolute Gasteiger partial charge is 0.496 e. The first kappa shape index (κ1) is 18.6. The Morgan fingerprint density at radius 1 is 1.39 bits per heavy atom. The van der Waals surface area contributed by atoms with E-state index >= 15 is 0 Å². The number of fused-ring (bicyclic) bond motifs is 2. The van der Waals surface area contributed by atoms with Gasteiger partial charge in [0.1, 0.15) is 5.75 Å². The van der Waals surface area contributed by atoms with Gasteiger partial charge >= 0.3 is 0 Å². The fourth-order valence-corrected chi connectivity index (χ4v) is 4.63. The van der Waals surface area contributed by atoms with E-state index in [0.29, 0.717) is 11.8 Å². The lowest BCUT2D eigenvalue weighted by atomic mass is 9.84. The number of carbonyl (C=O) groups is 1. The van der Waals surface area contributed by atoms with Crippen molar-refractivity contribution in [2.75, 3.05) is 7.11 Å². The third kappa shape index (κ3) is 3.52. The maximum atomic E-state index is 12.6. The zero-order valence-electron chi connectivity index (χ0n) is 13.4. The highest BCUT2D eigenvalue weighted by Gasteiger charge is 2.49. The summed E-state index contributed by atoms with van der Waals surface area (Å²) in [5, 5.41) is 3.14. The van der Waals surface area contributed by atoms with E-state index < -0.39 is 0 Å². The topological polar surface area (TPSA) is 64.3 Å². The summed E-state index contributed by atoms with van der Waals surface area (Å²) in [5.41, 5.74) is 7.31. The van der Waals surface area contributed by atoms with Crippen LogP contribution in [0, 0.1) is 17.8 Å². The molecule has 0 saturated heterocycles. The normalized spacial score (nSPS) is 29.7. The van der Waals surface area contributed by atoms with Crippen molar-refractivity contribution in [3.8, 4) is 5.75 Å². The predicted molar refractivity (Wildman–Crippen MR) is 96.8 cm³/mol. The molecule has 2 fully saturated rings. The predicted octanol–water partition coefficient (Wildman–Crippen LogP) is 3.43. The number of hydrogen-bond donors (Lipinski definition) is 2. The number of rotatable bonds is 4. The van der Waals surface area contributed by atoms with Crippen molar-refractivity contribution in [3.05, 3.63) is 28.2 Å². The molecule has 4 nitrogen and oxygen atoms in total. The van der Waals surface area contributed by atoms with Gasteiger partial charge in [-0.05, 0) is 71.6 Å². The van der Waals surface area contributed by atoms with Crippen LogP contribution in [-0.2, 0) is 4.79 Å². The summed E-state index contributed by atoms with van der Waals surface area (Å²) in [7, 11) is 1.64. The molecule has 2 bridgehead atoms. The molecule has 0 heterocycles. The molecule has 23 heavy (non-hydrogen) atoms. The van der Waals surface area contributed by atoms with Gasteiger partial charge < -0.3 is 15.8 Å². The third-order valence-electron chi connectivity index (χ3n) is 5.32. The van der Waals surface area contributed by atoms with Crippen LogP contribution in [0.25, 0.3) is 0 Å². The molecule has 1 amide bonds. The van der Waals surface area contributed by atoms with Crippen LogP contribution in [0.4, 0.5) is 0 Å². The molecule has 0 radical (unpaired) electrons. The summed E-state index contributed by atoms with van der Waals surface area (Å²) in [5.74, 6) is 1.92. The van der Waals surface area contributed by atoms with Crippen molar-refractivity contribution in [1.82, 2.24) is 5.32 Å². The highest BCUT2D eigenvalue weighted by atomic mass is 79.9. The molecule has 0 spiro atoms. The van der Waals surface area contributed by atoms with Gasteiger partial charge in [0.05, 0.1) is 23.5 Å². The Hall–Kier alpha value is -0.780. The maximum Gasteiger partial charge on any atom is 0.225 e. The maximum absolute atomic E-state index is 12.6. The Morgan fingerprint density at radius 3 is 2.65 bits per heavy atom. The molecular weight excluding hydrogens is 380 g/mol. The third-order valence-corrected chi connectivity index (χ3v) is 5.94. The Labute approximate surface area is 152 Å². The Kier molecular flexibility index (Phi) is 5.98. The van der Waals surface area contributed by atoms with Crippen LogP contribution in [0.15, 0.2) is 22.7 Å². The number of halogens is 2. The first-order valence-electron chi connectivity index (χ1n) is 7.90. The van der Waals surface area contributed by atoms with Gasteiger partial charge in [0.25, 0.3) is 0 Å². The minimum atomic E-state index is -0.0407. The Morgan fingerprint density at radius 2 is 2.09 bits per heavy atom. The van der Waals surface area contributed by atoms with Crippen LogP contribution in [-0.4, -0.2) is 19.1 Å². The minimum Gasteiger partial charge on any atom is -0.496 e. The number of ether oxygens (including phenoxy) is 1. The highest BCUT2D eigenvalue weighted by molar-refractivity contribution is 9.10. The van der Waals surface area contributed by atoms with Crippen molar-refractivity contribution >= 4 is 34.2 Å². The van der Waals surface area contributed by atoms with Gasteiger partial charge in [-0.2, -0.15) is 0 Å². The lowest BCUT2D eigenvalue weighted by Gasteiger charge is -2.28. The number of benzene rings is 1. The summed E-state index contributed by atoms with van der Waals surface area (Å²) in [4.78, 5) is 12.6. The van der Waals surface area contributed by atoms with Crippen LogP contribution < -0.4 is 15.8 Å². The standard InChI is InChI=1S/C17H23BrN2O2.ClH/c1-9(10-5-6-14(22-2)13(18)8-10)20-17(21)15-11-3-4-12(7-11)16(15)19;/h5-6,8-9,11-12,15-16H,3-4,7,19H2,1-2H3,(H,20,21);1H. The monoisotopic (exact) mass is 402 g/mol. The molecule has 6 heteroatoms. The van der Waals surface area contributed by atoms with Gasteiger partial charge in [-0.3, -0.25) is 4.79 Å². The summed E-state index contributed by atoms with van der Waals surface area (Å²) in [6.07, 6.45) is 3.47. The quantitative estimate of drug-likeness (QED) is 0.809. The summed E-state index contributed by atoms with van der Waals surface area (Å²) in [6.45, 7) is 2.00. The SMILES string of the molecule is COc1ccc(C(C)NC(=O)C2C3CCC(C3)C2N)cc1Br.Cl. The fourth-order valence-electron chi connectivity index (χ4n) is 4.07. The minimum absolute atomic E-state index is 0. The summed E-state index contributed by atoms with van der Waals surface area (Å²) >= 11 is 3.49. The molecule has 1 aromatic rings. The number of amides is 1.